The van der Waals surface area contributed by atoms with Gasteiger partial charge in [-0.25, -0.2) is 9.18 Å². The Balaban J connectivity index is 1.97. The van der Waals surface area contributed by atoms with E-state index < -0.39 is 6.03 Å². The monoisotopic (exact) mass is 316 g/mol. The maximum atomic E-state index is 13.5. The quantitative estimate of drug-likeness (QED) is 0.908. The zero-order valence-corrected chi connectivity index (χ0v) is 12.8. The van der Waals surface area contributed by atoms with Crippen LogP contribution in [0.25, 0.3) is 0 Å². The van der Waals surface area contributed by atoms with Crippen molar-refractivity contribution in [3.05, 3.63) is 59.7 Å². The summed E-state index contributed by atoms with van der Waals surface area (Å²) >= 11 is 0. The van der Waals surface area contributed by atoms with Gasteiger partial charge < -0.3 is 15.5 Å². The Kier molecular flexibility index (Phi) is 5.24. The lowest BCUT2D eigenvalue weighted by molar-refractivity contribution is 0.0822. The second-order valence-electron chi connectivity index (χ2n) is 5.03. The third kappa shape index (κ3) is 4.50. The van der Waals surface area contributed by atoms with Crippen molar-refractivity contribution in [3.8, 4) is 0 Å². The van der Waals surface area contributed by atoms with Crippen molar-refractivity contribution in [1.82, 2.24) is 15.2 Å². The van der Waals surface area contributed by atoms with E-state index >= 15 is 0 Å². The summed E-state index contributed by atoms with van der Waals surface area (Å²) in [6, 6.07) is 8.74. The lowest BCUT2D eigenvalue weighted by Gasteiger charge is -2.11. The van der Waals surface area contributed by atoms with Gasteiger partial charge in [-0.3, -0.25) is 9.78 Å². The number of anilines is 1. The van der Waals surface area contributed by atoms with Crippen LogP contribution in [0.4, 0.5) is 14.9 Å². The summed E-state index contributed by atoms with van der Waals surface area (Å²) in [4.78, 5) is 29.0. The normalized spacial score (nSPS) is 10.0. The minimum Gasteiger partial charge on any atom is -0.343 e. The number of halogens is 1. The largest absolute Gasteiger partial charge is 0.343 e. The van der Waals surface area contributed by atoms with Crippen molar-refractivity contribution >= 4 is 17.6 Å². The summed E-state index contributed by atoms with van der Waals surface area (Å²) in [5.74, 6) is -0.643. The van der Waals surface area contributed by atoms with Crippen LogP contribution in [0.15, 0.2) is 42.6 Å². The third-order valence-corrected chi connectivity index (χ3v) is 3.04. The van der Waals surface area contributed by atoms with Crippen molar-refractivity contribution in [3.63, 3.8) is 0 Å². The van der Waals surface area contributed by atoms with Crippen LogP contribution in [0.3, 0.4) is 0 Å². The van der Waals surface area contributed by atoms with Gasteiger partial charge in [-0.1, -0.05) is 18.2 Å². The molecule has 3 amide bonds. The van der Waals surface area contributed by atoms with Gasteiger partial charge in [0.05, 0.1) is 0 Å². The number of hydrogen-bond donors (Lipinski definition) is 2. The zero-order valence-electron chi connectivity index (χ0n) is 12.8. The molecule has 120 valence electrons. The topological polar surface area (TPSA) is 74.3 Å². The van der Waals surface area contributed by atoms with Gasteiger partial charge in [0.1, 0.15) is 11.5 Å². The molecular formula is C16H17FN4O2. The summed E-state index contributed by atoms with van der Waals surface area (Å²) in [5.41, 5.74) is 1.04. The predicted molar refractivity (Wildman–Crippen MR) is 84.5 cm³/mol. The smallest absolute Gasteiger partial charge is 0.319 e. The third-order valence-electron chi connectivity index (χ3n) is 3.04. The van der Waals surface area contributed by atoms with E-state index in [2.05, 4.69) is 15.6 Å². The first kappa shape index (κ1) is 16.4. The number of rotatable bonds is 4. The van der Waals surface area contributed by atoms with E-state index in [0.717, 1.165) is 0 Å². The molecule has 0 bridgehead atoms. The highest BCUT2D eigenvalue weighted by Crippen LogP contribution is 2.10. The van der Waals surface area contributed by atoms with E-state index in [1.165, 1.54) is 23.2 Å². The fourth-order valence-corrected chi connectivity index (χ4v) is 1.85. The SMILES string of the molecule is CN(C)C(=O)c1cc(NC(=O)NCc2ccccc2F)ccn1. The molecule has 1 aromatic heterocycles. The van der Waals surface area contributed by atoms with Crippen molar-refractivity contribution in [2.24, 2.45) is 0 Å². The standard InChI is InChI=1S/C16H17FN4O2/c1-21(2)15(22)14-9-12(7-8-18-14)20-16(23)19-10-11-5-3-4-6-13(11)17/h3-9H,10H2,1-2H3,(H2,18,19,20,23). The summed E-state index contributed by atoms with van der Waals surface area (Å²) < 4.78 is 13.5. The Morgan fingerprint density at radius 3 is 2.65 bits per heavy atom. The Morgan fingerprint density at radius 1 is 1.22 bits per heavy atom. The molecule has 7 heteroatoms. The first-order valence-electron chi connectivity index (χ1n) is 6.93. The molecular weight excluding hydrogens is 299 g/mol. The number of nitrogens with one attached hydrogen (secondary N) is 2. The molecule has 2 aromatic rings. The number of benzene rings is 1. The molecule has 2 rings (SSSR count). The van der Waals surface area contributed by atoms with Gasteiger partial charge in [-0.05, 0) is 18.2 Å². The molecule has 0 aliphatic heterocycles. The van der Waals surface area contributed by atoms with Crippen LogP contribution in [0.1, 0.15) is 16.1 Å². The van der Waals surface area contributed by atoms with E-state index in [4.69, 9.17) is 0 Å². The number of hydrogen-bond acceptors (Lipinski definition) is 3. The number of aromatic nitrogens is 1. The molecule has 0 unspecified atom stereocenters. The zero-order chi connectivity index (χ0) is 16.8. The lowest BCUT2D eigenvalue weighted by atomic mass is 10.2. The lowest BCUT2D eigenvalue weighted by Crippen LogP contribution is -2.29. The van der Waals surface area contributed by atoms with Gasteiger partial charge in [0.15, 0.2) is 0 Å². The fraction of sp³-hybridized carbons (Fsp3) is 0.188. The Bertz CT molecular complexity index is 719. The van der Waals surface area contributed by atoms with Gasteiger partial charge in [-0.15, -0.1) is 0 Å². The summed E-state index contributed by atoms with van der Waals surface area (Å²) in [6.45, 7) is 0.0626. The molecule has 0 fully saturated rings. The number of carbonyl (C=O) groups is 2. The van der Waals surface area contributed by atoms with E-state index in [0.29, 0.717) is 11.3 Å². The number of urea groups is 1. The minimum atomic E-state index is -0.497. The fourth-order valence-electron chi connectivity index (χ4n) is 1.85. The number of amides is 3. The molecule has 0 saturated heterocycles. The molecule has 0 radical (unpaired) electrons. The second-order valence-corrected chi connectivity index (χ2v) is 5.03. The van der Waals surface area contributed by atoms with Gasteiger partial charge in [0.2, 0.25) is 0 Å². The molecule has 6 nitrogen and oxygen atoms in total. The number of carbonyl (C=O) groups excluding carboxylic acids is 2. The summed E-state index contributed by atoms with van der Waals surface area (Å²) in [7, 11) is 3.23. The first-order valence-corrected chi connectivity index (χ1v) is 6.93. The average molecular weight is 316 g/mol. The Morgan fingerprint density at radius 2 is 1.96 bits per heavy atom. The molecule has 1 aromatic carbocycles. The maximum Gasteiger partial charge on any atom is 0.319 e. The molecule has 0 atom stereocenters. The van der Waals surface area contributed by atoms with Crippen LogP contribution in [0.2, 0.25) is 0 Å². The number of pyridine rings is 1. The Labute approximate surface area is 133 Å². The van der Waals surface area contributed by atoms with Crippen LogP contribution in [0.5, 0.6) is 0 Å². The first-order chi connectivity index (χ1) is 11.0. The summed E-state index contributed by atoms with van der Waals surface area (Å²) in [5, 5.41) is 5.14. The number of nitrogens with zero attached hydrogens (tertiary/aromatic N) is 2. The molecule has 1 heterocycles. The molecule has 23 heavy (non-hydrogen) atoms. The average Bonchev–Trinajstić information content (AvgIpc) is 2.53. The molecule has 2 N–H and O–H groups in total. The highest BCUT2D eigenvalue weighted by Gasteiger charge is 2.11. The summed E-state index contributed by atoms with van der Waals surface area (Å²) in [6.07, 6.45) is 1.43. The van der Waals surface area contributed by atoms with E-state index in [9.17, 15) is 14.0 Å². The van der Waals surface area contributed by atoms with Crippen LogP contribution in [-0.2, 0) is 6.54 Å². The van der Waals surface area contributed by atoms with Crippen molar-refractivity contribution in [1.29, 1.82) is 0 Å². The van der Waals surface area contributed by atoms with Crippen LogP contribution in [-0.4, -0.2) is 35.9 Å². The van der Waals surface area contributed by atoms with Gasteiger partial charge in [0.25, 0.3) is 5.91 Å². The predicted octanol–water partition coefficient (Wildman–Crippen LogP) is 2.24. The van der Waals surface area contributed by atoms with Crippen LogP contribution >= 0.6 is 0 Å². The highest BCUT2D eigenvalue weighted by atomic mass is 19.1. The van der Waals surface area contributed by atoms with Gasteiger partial charge >= 0.3 is 6.03 Å². The van der Waals surface area contributed by atoms with E-state index in [-0.39, 0.29) is 24.0 Å². The van der Waals surface area contributed by atoms with Gasteiger partial charge in [-0.2, -0.15) is 0 Å². The Hall–Kier alpha value is -2.96. The molecule has 0 saturated carbocycles. The maximum absolute atomic E-state index is 13.5. The minimum absolute atomic E-state index is 0.0626. The van der Waals surface area contributed by atoms with Crippen LogP contribution < -0.4 is 10.6 Å². The van der Waals surface area contributed by atoms with Crippen LogP contribution in [0, 0.1) is 5.82 Å². The molecule has 0 aliphatic rings. The highest BCUT2D eigenvalue weighted by molar-refractivity contribution is 5.95. The van der Waals surface area contributed by atoms with Crippen molar-refractivity contribution < 1.29 is 14.0 Å². The van der Waals surface area contributed by atoms with Gasteiger partial charge in [0, 0.05) is 38.1 Å². The molecule has 0 spiro atoms. The molecule has 0 aliphatic carbocycles. The van der Waals surface area contributed by atoms with Crippen molar-refractivity contribution in [2.75, 3.05) is 19.4 Å². The second kappa shape index (κ2) is 7.35. The van der Waals surface area contributed by atoms with E-state index in [1.54, 1.807) is 38.4 Å². The van der Waals surface area contributed by atoms with E-state index in [1.807, 2.05) is 0 Å². The van der Waals surface area contributed by atoms with Crippen molar-refractivity contribution in [2.45, 2.75) is 6.54 Å².